The van der Waals surface area contributed by atoms with Crippen LogP contribution in [0.3, 0.4) is 0 Å². The van der Waals surface area contributed by atoms with Gasteiger partial charge in [0.2, 0.25) is 0 Å². The first kappa shape index (κ1) is 22.1. The molecule has 0 radical (unpaired) electrons. The van der Waals surface area contributed by atoms with Crippen LogP contribution in [0.5, 0.6) is 0 Å². The van der Waals surface area contributed by atoms with Crippen LogP contribution in [0.4, 0.5) is 22.6 Å². The first-order chi connectivity index (χ1) is 14.6. The van der Waals surface area contributed by atoms with Gasteiger partial charge in [0.05, 0.1) is 22.0 Å². The predicted molar refractivity (Wildman–Crippen MR) is 116 cm³/mol. The van der Waals surface area contributed by atoms with E-state index in [1.54, 1.807) is 29.6 Å². The molecular formula is C20H12ClF4NO2S3. The number of anilines is 1. The second-order valence-electron chi connectivity index (χ2n) is 6.50. The molecule has 3 nitrogen and oxygen atoms in total. The summed E-state index contributed by atoms with van der Waals surface area (Å²) in [6, 6.07) is 10.8. The summed E-state index contributed by atoms with van der Waals surface area (Å²) in [4.78, 5) is -0.0100. The van der Waals surface area contributed by atoms with Crippen molar-refractivity contribution in [3.05, 3.63) is 81.3 Å². The lowest BCUT2D eigenvalue weighted by molar-refractivity contribution is -0.140. The molecular weight excluding hydrogens is 494 g/mol. The molecule has 162 valence electrons. The third kappa shape index (κ3) is 4.17. The van der Waals surface area contributed by atoms with E-state index in [4.69, 9.17) is 11.6 Å². The maximum Gasteiger partial charge on any atom is 0.419 e. The summed E-state index contributed by atoms with van der Waals surface area (Å²) < 4.78 is 81.6. The molecule has 0 aliphatic carbocycles. The summed E-state index contributed by atoms with van der Waals surface area (Å²) in [6.45, 7) is -0.450. The molecule has 0 atom stereocenters. The molecule has 0 aliphatic heterocycles. The van der Waals surface area contributed by atoms with Gasteiger partial charge in [0.25, 0.3) is 10.0 Å². The van der Waals surface area contributed by atoms with Crippen LogP contribution in [0, 0.1) is 5.82 Å². The molecule has 0 spiro atoms. The smallest absolute Gasteiger partial charge is 0.251 e. The molecule has 0 amide bonds. The van der Waals surface area contributed by atoms with Gasteiger partial charge in [-0.1, -0.05) is 35.9 Å². The Hall–Kier alpha value is -2.14. The number of halogens is 5. The molecule has 2 heterocycles. The number of rotatable bonds is 5. The van der Waals surface area contributed by atoms with E-state index < -0.39 is 34.1 Å². The van der Waals surface area contributed by atoms with Crippen LogP contribution in [-0.4, -0.2) is 8.42 Å². The first-order valence-corrected chi connectivity index (χ1v) is 12.2. The molecule has 0 bridgehead atoms. The van der Waals surface area contributed by atoms with Gasteiger partial charge in [-0.2, -0.15) is 24.5 Å². The number of alkyl halides is 3. The fourth-order valence-corrected chi connectivity index (χ4v) is 7.28. The van der Waals surface area contributed by atoms with Crippen molar-refractivity contribution >= 4 is 59.4 Å². The minimum atomic E-state index is -4.91. The molecule has 0 saturated heterocycles. The van der Waals surface area contributed by atoms with Gasteiger partial charge in [0.1, 0.15) is 10.8 Å². The van der Waals surface area contributed by atoms with E-state index in [1.165, 1.54) is 22.8 Å². The van der Waals surface area contributed by atoms with Gasteiger partial charge in [-0.15, -0.1) is 11.3 Å². The van der Waals surface area contributed by atoms with Gasteiger partial charge in [-0.25, -0.2) is 12.8 Å². The second-order valence-corrected chi connectivity index (χ2v) is 10.6. The van der Waals surface area contributed by atoms with Crippen molar-refractivity contribution in [3.8, 4) is 0 Å². The number of fused-ring (bicyclic) bond motifs is 1. The Morgan fingerprint density at radius 2 is 1.81 bits per heavy atom. The number of sulfonamides is 1. The molecule has 4 aromatic rings. The molecule has 0 saturated carbocycles. The minimum Gasteiger partial charge on any atom is -0.251 e. The Kier molecular flexibility index (Phi) is 5.76. The van der Waals surface area contributed by atoms with Crippen LogP contribution in [-0.2, 0) is 22.7 Å². The van der Waals surface area contributed by atoms with Crippen molar-refractivity contribution in [1.29, 1.82) is 0 Å². The summed E-state index contributed by atoms with van der Waals surface area (Å²) in [5.74, 6) is -1.43. The maximum atomic E-state index is 13.7. The predicted octanol–water partition coefficient (Wildman–Crippen LogP) is 7.17. The molecule has 11 heteroatoms. The summed E-state index contributed by atoms with van der Waals surface area (Å²) >= 11 is 8.76. The fraction of sp³-hybridized carbons (Fsp3) is 0.100. The highest BCUT2D eigenvalue weighted by Gasteiger charge is 2.35. The third-order valence-corrected chi connectivity index (χ3v) is 8.87. The van der Waals surface area contributed by atoms with E-state index in [0.717, 1.165) is 26.4 Å². The molecule has 0 unspecified atom stereocenters. The average molecular weight is 506 g/mol. The Bertz CT molecular complexity index is 1350. The maximum absolute atomic E-state index is 13.7. The van der Waals surface area contributed by atoms with E-state index in [9.17, 15) is 26.0 Å². The van der Waals surface area contributed by atoms with E-state index in [1.807, 2.05) is 0 Å². The van der Waals surface area contributed by atoms with E-state index in [-0.39, 0.29) is 20.5 Å². The minimum absolute atomic E-state index is 0.0100. The van der Waals surface area contributed by atoms with Gasteiger partial charge >= 0.3 is 6.18 Å². The number of hydrogen-bond donors (Lipinski definition) is 0. The van der Waals surface area contributed by atoms with E-state index in [2.05, 4.69) is 0 Å². The molecule has 0 fully saturated rings. The van der Waals surface area contributed by atoms with Crippen LogP contribution in [0.15, 0.2) is 64.2 Å². The molecule has 0 aliphatic rings. The lowest BCUT2D eigenvalue weighted by atomic mass is 10.1. The number of thiophene rings is 2. The number of hydrogen-bond acceptors (Lipinski definition) is 4. The van der Waals surface area contributed by atoms with Crippen molar-refractivity contribution in [2.45, 2.75) is 17.6 Å². The van der Waals surface area contributed by atoms with E-state index in [0.29, 0.717) is 17.5 Å². The van der Waals surface area contributed by atoms with Crippen LogP contribution in [0.1, 0.15) is 11.1 Å². The van der Waals surface area contributed by atoms with Crippen LogP contribution < -0.4 is 4.31 Å². The van der Waals surface area contributed by atoms with Crippen molar-refractivity contribution in [2.75, 3.05) is 4.31 Å². The lowest BCUT2D eigenvalue weighted by Gasteiger charge is -2.23. The first-order valence-electron chi connectivity index (χ1n) is 8.66. The van der Waals surface area contributed by atoms with Gasteiger partial charge < -0.3 is 0 Å². The van der Waals surface area contributed by atoms with Crippen LogP contribution in [0.25, 0.3) is 10.1 Å². The molecule has 2 aromatic heterocycles. The number of nitrogens with zero attached hydrogens (tertiary/aromatic N) is 1. The Labute approximate surface area is 188 Å². The third-order valence-electron chi connectivity index (χ3n) is 4.49. The van der Waals surface area contributed by atoms with Gasteiger partial charge in [-0.05, 0) is 35.2 Å². The Balaban J connectivity index is 1.87. The van der Waals surface area contributed by atoms with E-state index >= 15 is 0 Å². The zero-order valence-electron chi connectivity index (χ0n) is 15.4. The topological polar surface area (TPSA) is 37.4 Å². The van der Waals surface area contributed by atoms with Gasteiger partial charge in [0.15, 0.2) is 0 Å². The van der Waals surface area contributed by atoms with Crippen molar-refractivity contribution in [2.24, 2.45) is 0 Å². The standard InChI is InChI=1S/C20H12ClF4NO2S3/c21-18-14-3-1-2-4-17(14)30-19(18)26(31(27,28)13-7-8-29-11-13)10-12-5-6-16(22)15(9-12)20(23,24)25/h1-9,11H,10H2. The summed E-state index contributed by atoms with van der Waals surface area (Å²) in [6.07, 6.45) is -4.91. The summed E-state index contributed by atoms with van der Waals surface area (Å²) in [5, 5.41) is 3.99. The molecule has 4 rings (SSSR count). The second kappa shape index (κ2) is 8.09. The van der Waals surface area contributed by atoms with Crippen LogP contribution in [0.2, 0.25) is 5.02 Å². The summed E-state index contributed by atoms with van der Waals surface area (Å²) in [5.41, 5.74) is -1.48. The van der Waals surface area contributed by atoms with Crippen molar-refractivity contribution < 1.29 is 26.0 Å². The van der Waals surface area contributed by atoms with Crippen LogP contribution >= 0.6 is 34.3 Å². The highest BCUT2D eigenvalue weighted by molar-refractivity contribution is 7.93. The average Bonchev–Trinajstić information content (AvgIpc) is 3.36. The highest BCUT2D eigenvalue weighted by Crippen LogP contribution is 2.44. The number of benzene rings is 2. The van der Waals surface area contributed by atoms with Gasteiger partial charge in [-0.3, -0.25) is 4.31 Å². The largest absolute Gasteiger partial charge is 0.419 e. The molecule has 2 aromatic carbocycles. The highest BCUT2D eigenvalue weighted by atomic mass is 35.5. The zero-order valence-corrected chi connectivity index (χ0v) is 18.6. The quantitative estimate of drug-likeness (QED) is 0.270. The Morgan fingerprint density at radius 3 is 2.45 bits per heavy atom. The Morgan fingerprint density at radius 1 is 1.06 bits per heavy atom. The SMILES string of the molecule is O=S(=O)(c1ccsc1)N(Cc1ccc(F)c(C(F)(F)F)c1)c1sc2ccccc2c1Cl. The fourth-order valence-electron chi connectivity index (χ4n) is 3.01. The lowest BCUT2D eigenvalue weighted by Crippen LogP contribution is -2.30. The normalized spacial score (nSPS) is 12.4. The monoisotopic (exact) mass is 505 g/mol. The zero-order chi connectivity index (χ0) is 22.4. The van der Waals surface area contributed by atoms with Crippen molar-refractivity contribution in [1.82, 2.24) is 0 Å². The van der Waals surface area contributed by atoms with Crippen molar-refractivity contribution in [3.63, 3.8) is 0 Å². The van der Waals surface area contributed by atoms with Gasteiger partial charge in [0, 0.05) is 15.5 Å². The summed E-state index contributed by atoms with van der Waals surface area (Å²) in [7, 11) is -4.14. The molecule has 0 N–H and O–H groups in total. The molecule has 31 heavy (non-hydrogen) atoms.